The number of hydrogen-bond donors (Lipinski definition) is 2. The molecule has 2 aromatic carbocycles. The Balaban J connectivity index is 2.36. The summed E-state index contributed by atoms with van der Waals surface area (Å²) >= 11 is 5.48. The van der Waals surface area contributed by atoms with Gasteiger partial charge in [-0.2, -0.15) is 13.2 Å². The predicted octanol–water partition coefficient (Wildman–Crippen LogP) is 3.74. The Bertz CT molecular complexity index is 790. The molecule has 0 saturated carbocycles. The number of rotatable bonds is 3. The second-order valence-electron chi connectivity index (χ2n) is 4.37. The van der Waals surface area contributed by atoms with Gasteiger partial charge in [-0.3, -0.25) is 4.72 Å². The summed E-state index contributed by atoms with van der Waals surface area (Å²) in [6.45, 7) is 0. The summed E-state index contributed by atoms with van der Waals surface area (Å²) in [5.74, 6) is 0. The predicted molar refractivity (Wildman–Crippen MR) is 78.1 cm³/mol. The summed E-state index contributed by atoms with van der Waals surface area (Å²) < 4.78 is 64.5. The normalized spacial score (nSPS) is 12.2. The van der Waals surface area contributed by atoms with Crippen molar-refractivity contribution in [2.24, 2.45) is 0 Å². The van der Waals surface area contributed by atoms with Crippen molar-refractivity contribution in [3.8, 4) is 0 Å². The maximum atomic E-state index is 12.8. The lowest BCUT2D eigenvalue weighted by Crippen LogP contribution is -2.14. The zero-order chi connectivity index (χ0) is 16.5. The smallest absolute Gasteiger partial charge is 0.399 e. The Hall–Kier alpha value is -1.93. The van der Waals surface area contributed by atoms with Gasteiger partial charge in [-0.25, -0.2) is 8.42 Å². The van der Waals surface area contributed by atoms with Gasteiger partial charge in [0.05, 0.1) is 15.5 Å². The number of alkyl halides is 3. The highest BCUT2D eigenvalue weighted by Gasteiger charge is 2.33. The van der Waals surface area contributed by atoms with Crippen LogP contribution in [0.3, 0.4) is 0 Å². The zero-order valence-corrected chi connectivity index (χ0v) is 12.4. The maximum Gasteiger partial charge on any atom is 0.417 e. The highest BCUT2D eigenvalue weighted by atomic mass is 35.5. The number of sulfonamides is 1. The number of halogens is 4. The van der Waals surface area contributed by atoms with Crippen LogP contribution < -0.4 is 10.5 Å². The van der Waals surface area contributed by atoms with Crippen LogP contribution in [0.2, 0.25) is 5.02 Å². The molecule has 4 nitrogen and oxygen atoms in total. The van der Waals surface area contributed by atoms with Crippen molar-refractivity contribution in [3.63, 3.8) is 0 Å². The van der Waals surface area contributed by atoms with Crippen molar-refractivity contribution in [2.75, 3.05) is 10.5 Å². The molecule has 0 unspecified atom stereocenters. The van der Waals surface area contributed by atoms with E-state index in [1.807, 2.05) is 0 Å². The highest BCUT2D eigenvalue weighted by Crippen LogP contribution is 2.36. The Morgan fingerprint density at radius 2 is 1.64 bits per heavy atom. The van der Waals surface area contributed by atoms with Crippen LogP contribution in [0.5, 0.6) is 0 Å². The molecule has 0 aliphatic heterocycles. The highest BCUT2D eigenvalue weighted by molar-refractivity contribution is 7.92. The summed E-state index contributed by atoms with van der Waals surface area (Å²) in [5.41, 5.74) is 4.46. The fourth-order valence-electron chi connectivity index (χ4n) is 1.67. The maximum absolute atomic E-state index is 12.8. The second-order valence-corrected chi connectivity index (χ2v) is 6.46. The van der Waals surface area contributed by atoms with Crippen molar-refractivity contribution in [1.82, 2.24) is 0 Å². The monoisotopic (exact) mass is 350 g/mol. The van der Waals surface area contributed by atoms with E-state index in [1.54, 1.807) is 0 Å². The second kappa shape index (κ2) is 5.69. The Kier molecular flexibility index (Phi) is 4.25. The molecule has 0 radical (unpaired) electrons. The number of anilines is 2. The first-order valence-corrected chi connectivity index (χ1v) is 7.71. The van der Waals surface area contributed by atoms with E-state index in [4.69, 9.17) is 17.3 Å². The Labute approximate surface area is 129 Å². The van der Waals surface area contributed by atoms with Crippen LogP contribution in [0.1, 0.15) is 5.56 Å². The molecule has 0 fully saturated rings. The fourth-order valence-corrected chi connectivity index (χ4v) is 2.94. The average molecular weight is 351 g/mol. The lowest BCUT2D eigenvalue weighted by atomic mass is 10.2. The molecular formula is C13H10ClF3N2O2S. The summed E-state index contributed by atoms with van der Waals surface area (Å²) in [5, 5.41) is -0.511. The van der Waals surface area contributed by atoms with Crippen LogP contribution in [0.4, 0.5) is 24.5 Å². The van der Waals surface area contributed by atoms with Gasteiger partial charge in [0.15, 0.2) is 0 Å². The molecule has 0 aliphatic carbocycles. The van der Waals surface area contributed by atoms with Gasteiger partial charge in [0, 0.05) is 11.4 Å². The molecule has 118 valence electrons. The number of benzene rings is 2. The molecule has 0 bridgehead atoms. The lowest BCUT2D eigenvalue weighted by Gasteiger charge is -2.13. The molecule has 0 aromatic heterocycles. The number of nitrogens with two attached hydrogens (primary N) is 1. The van der Waals surface area contributed by atoms with Gasteiger partial charge in [-0.05, 0) is 42.5 Å². The molecule has 0 spiro atoms. The summed E-state index contributed by atoms with van der Waals surface area (Å²) in [6, 6.07) is 8.00. The van der Waals surface area contributed by atoms with Crippen molar-refractivity contribution >= 4 is 33.0 Å². The SMILES string of the molecule is Nc1ccc(S(=O)(=O)Nc2ccc(Cl)c(C(F)(F)F)c2)cc1. The molecule has 0 amide bonds. The first-order chi connectivity index (χ1) is 10.1. The lowest BCUT2D eigenvalue weighted by molar-refractivity contribution is -0.137. The van der Waals surface area contributed by atoms with Gasteiger partial charge < -0.3 is 5.73 Å². The summed E-state index contributed by atoms with van der Waals surface area (Å²) in [4.78, 5) is -0.120. The molecule has 2 rings (SSSR count). The van der Waals surface area contributed by atoms with Gasteiger partial charge in [-0.1, -0.05) is 11.6 Å². The van der Waals surface area contributed by atoms with Gasteiger partial charge >= 0.3 is 6.18 Å². The van der Waals surface area contributed by atoms with Crippen LogP contribution in [0.15, 0.2) is 47.4 Å². The number of nitrogens with one attached hydrogen (secondary N) is 1. The first-order valence-electron chi connectivity index (χ1n) is 5.85. The molecule has 3 N–H and O–H groups in total. The third-order valence-electron chi connectivity index (χ3n) is 2.71. The third-order valence-corrected chi connectivity index (χ3v) is 4.44. The quantitative estimate of drug-likeness (QED) is 0.828. The molecule has 0 aliphatic rings. The minimum Gasteiger partial charge on any atom is -0.399 e. The molecular weight excluding hydrogens is 341 g/mol. The van der Waals surface area contributed by atoms with E-state index in [2.05, 4.69) is 4.72 Å². The van der Waals surface area contributed by atoms with Crippen molar-refractivity contribution in [2.45, 2.75) is 11.1 Å². The van der Waals surface area contributed by atoms with Crippen molar-refractivity contribution in [1.29, 1.82) is 0 Å². The largest absolute Gasteiger partial charge is 0.417 e. The first kappa shape index (κ1) is 16.4. The van der Waals surface area contributed by atoms with E-state index in [9.17, 15) is 21.6 Å². The van der Waals surface area contributed by atoms with Gasteiger partial charge in [0.25, 0.3) is 10.0 Å². The Morgan fingerprint density at radius 3 is 2.18 bits per heavy atom. The molecule has 0 saturated heterocycles. The van der Waals surface area contributed by atoms with Crippen LogP contribution in [0.25, 0.3) is 0 Å². The third kappa shape index (κ3) is 3.63. The summed E-state index contributed by atoms with van der Waals surface area (Å²) in [7, 11) is -4.02. The standard InChI is InChI=1S/C13H10ClF3N2O2S/c14-12-6-3-9(7-11(12)13(15,16)17)19-22(20,21)10-4-1-8(18)2-5-10/h1-7,19H,18H2. The fraction of sp³-hybridized carbons (Fsp3) is 0.0769. The van der Waals surface area contributed by atoms with Crippen LogP contribution in [0, 0.1) is 0 Å². The zero-order valence-electron chi connectivity index (χ0n) is 10.9. The van der Waals surface area contributed by atoms with E-state index < -0.39 is 26.8 Å². The average Bonchev–Trinajstić information content (AvgIpc) is 2.40. The van der Waals surface area contributed by atoms with Crippen LogP contribution in [-0.4, -0.2) is 8.42 Å². The number of nitrogen functional groups attached to an aromatic ring is 1. The van der Waals surface area contributed by atoms with E-state index >= 15 is 0 Å². The van der Waals surface area contributed by atoms with E-state index in [0.29, 0.717) is 11.8 Å². The Morgan fingerprint density at radius 1 is 1.05 bits per heavy atom. The van der Waals surface area contributed by atoms with Crippen LogP contribution in [-0.2, 0) is 16.2 Å². The van der Waals surface area contributed by atoms with E-state index in [-0.39, 0.29) is 10.6 Å². The van der Waals surface area contributed by atoms with Gasteiger partial charge in [0.1, 0.15) is 0 Å². The van der Waals surface area contributed by atoms with Crippen molar-refractivity contribution in [3.05, 3.63) is 53.1 Å². The molecule has 0 heterocycles. The minimum absolute atomic E-state index is 0.120. The molecule has 22 heavy (non-hydrogen) atoms. The minimum atomic E-state index is -4.68. The number of hydrogen-bond acceptors (Lipinski definition) is 3. The topological polar surface area (TPSA) is 72.2 Å². The summed E-state index contributed by atoms with van der Waals surface area (Å²) in [6.07, 6.45) is -4.68. The molecule has 9 heteroatoms. The van der Waals surface area contributed by atoms with Crippen LogP contribution >= 0.6 is 11.6 Å². The van der Waals surface area contributed by atoms with E-state index in [1.165, 1.54) is 24.3 Å². The van der Waals surface area contributed by atoms with Crippen molar-refractivity contribution < 1.29 is 21.6 Å². The molecule has 0 atom stereocenters. The van der Waals surface area contributed by atoms with E-state index in [0.717, 1.165) is 12.1 Å². The van der Waals surface area contributed by atoms with Gasteiger partial charge in [0.2, 0.25) is 0 Å². The van der Waals surface area contributed by atoms with Gasteiger partial charge in [-0.15, -0.1) is 0 Å². The molecule has 2 aromatic rings.